The molecule has 318 valence electrons. The molecule has 0 amide bonds. The number of aliphatic hydroxyl groups is 1. The van der Waals surface area contributed by atoms with Crippen LogP contribution >= 0.6 is 11.6 Å². The maximum atomic E-state index is 14.3. The molecule has 2 N–H and O–H groups in total. The van der Waals surface area contributed by atoms with Crippen LogP contribution in [0, 0.1) is 56.2 Å². The Morgan fingerprint density at radius 2 is 1.58 bits per heavy atom. The zero-order valence-electron chi connectivity index (χ0n) is 37.0. The van der Waals surface area contributed by atoms with Gasteiger partial charge in [-0.25, -0.2) is 0 Å². The van der Waals surface area contributed by atoms with Crippen LogP contribution < -0.4 is 0 Å². The van der Waals surface area contributed by atoms with E-state index in [4.69, 9.17) is 16.3 Å². The average molecular weight is 810 g/mol. The number of esters is 1. The molecule has 0 heterocycles. The molecule has 6 rings (SSSR count). The summed E-state index contributed by atoms with van der Waals surface area (Å²) in [4.78, 5) is 43.8. The van der Waals surface area contributed by atoms with E-state index in [1.807, 2.05) is 12.1 Å². The van der Waals surface area contributed by atoms with Gasteiger partial charge in [-0.3, -0.25) is 19.3 Å². The lowest BCUT2D eigenvalue weighted by atomic mass is 9.33. The zero-order valence-corrected chi connectivity index (χ0v) is 37.7. The van der Waals surface area contributed by atoms with Gasteiger partial charge in [-0.2, -0.15) is 0 Å². The fourth-order valence-corrected chi connectivity index (χ4v) is 13.9. The minimum Gasteiger partial charge on any atom is -0.481 e. The number of ketones is 1. The highest BCUT2D eigenvalue weighted by atomic mass is 35.5. The Balaban J connectivity index is 1.29. The maximum absolute atomic E-state index is 14.3. The van der Waals surface area contributed by atoms with E-state index in [1.54, 1.807) is 13.8 Å². The van der Waals surface area contributed by atoms with E-state index in [0.717, 1.165) is 75.6 Å². The number of carbonyl (C=O) groups is 3. The van der Waals surface area contributed by atoms with Gasteiger partial charge in [0.2, 0.25) is 0 Å². The monoisotopic (exact) mass is 809 g/mol. The molecule has 0 aliphatic heterocycles. The van der Waals surface area contributed by atoms with Gasteiger partial charge in [0.1, 0.15) is 6.10 Å². The number of nitrogens with zero attached hydrogens (tertiary/aromatic N) is 2. The average Bonchev–Trinajstić information content (AvgIpc) is 3.42. The van der Waals surface area contributed by atoms with E-state index in [0.29, 0.717) is 36.4 Å². The van der Waals surface area contributed by atoms with Crippen molar-refractivity contribution in [3.8, 4) is 0 Å². The second-order valence-corrected chi connectivity index (χ2v) is 22.2. The van der Waals surface area contributed by atoms with E-state index < -0.39 is 28.9 Å². The fourth-order valence-electron chi connectivity index (χ4n) is 13.8. The molecule has 0 aromatic heterocycles. The number of halogens is 1. The molecule has 1 unspecified atom stereocenters. The third kappa shape index (κ3) is 7.58. The van der Waals surface area contributed by atoms with Gasteiger partial charge < -0.3 is 19.8 Å². The molecular formula is C48H73ClN2O6. The van der Waals surface area contributed by atoms with Crippen molar-refractivity contribution in [2.45, 2.75) is 145 Å². The van der Waals surface area contributed by atoms with Crippen LogP contribution in [0.25, 0.3) is 0 Å². The summed E-state index contributed by atoms with van der Waals surface area (Å²) < 4.78 is 6.20. The quantitative estimate of drug-likeness (QED) is 0.190. The molecule has 1 aromatic carbocycles. The molecule has 0 spiro atoms. The Labute approximate surface area is 348 Å². The normalized spacial score (nSPS) is 35.5. The summed E-state index contributed by atoms with van der Waals surface area (Å²) in [7, 11) is 4.17. The van der Waals surface area contributed by atoms with Crippen molar-refractivity contribution in [2.75, 3.05) is 33.7 Å². The molecule has 8 nitrogen and oxygen atoms in total. The Hall–Kier alpha value is -2.26. The Kier molecular flexibility index (Phi) is 12.2. The number of ether oxygens (including phenoxy) is 1. The van der Waals surface area contributed by atoms with Gasteiger partial charge in [-0.15, -0.1) is 0 Å². The van der Waals surface area contributed by atoms with Gasteiger partial charge in [0, 0.05) is 48.5 Å². The van der Waals surface area contributed by atoms with Gasteiger partial charge in [-0.1, -0.05) is 77.8 Å². The van der Waals surface area contributed by atoms with E-state index in [-0.39, 0.29) is 51.8 Å². The number of aliphatic carboxylic acids is 1. The number of carboxylic acids is 1. The van der Waals surface area contributed by atoms with Crippen LogP contribution in [-0.4, -0.2) is 83.7 Å². The topological polar surface area (TPSA) is 107 Å². The van der Waals surface area contributed by atoms with Crippen molar-refractivity contribution < 1.29 is 29.3 Å². The molecule has 9 heteroatoms. The van der Waals surface area contributed by atoms with Crippen molar-refractivity contribution in [2.24, 2.45) is 56.2 Å². The summed E-state index contributed by atoms with van der Waals surface area (Å²) >= 11 is 6.24. The first-order valence-corrected chi connectivity index (χ1v) is 22.3. The van der Waals surface area contributed by atoms with Crippen molar-refractivity contribution in [1.29, 1.82) is 0 Å². The smallest absolute Gasteiger partial charge is 0.309 e. The molecule has 5 aliphatic carbocycles. The lowest BCUT2D eigenvalue weighted by Crippen LogP contribution is -2.66. The molecule has 5 aliphatic rings. The Bertz CT molecular complexity index is 1740. The lowest BCUT2D eigenvalue weighted by molar-refractivity contribution is -0.235. The van der Waals surface area contributed by atoms with Crippen LogP contribution in [0.2, 0.25) is 5.02 Å². The Morgan fingerprint density at radius 1 is 0.912 bits per heavy atom. The van der Waals surface area contributed by atoms with E-state index in [1.165, 1.54) is 5.57 Å². The van der Waals surface area contributed by atoms with Crippen LogP contribution in [0.4, 0.5) is 0 Å². The molecule has 57 heavy (non-hydrogen) atoms. The van der Waals surface area contributed by atoms with E-state index >= 15 is 0 Å². The largest absolute Gasteiger partial charge is 0.481 e. The first-order chi connectivity index (χ1) is 26.4. The number of rotatable bonds is 13. The number of likely N-dealkylation sites (N-methyl/N-ethyl adjacent to an activating group) is 1. The maximum Gasteiger partial charge on any atom is 0.309 e. The number of hydrogen-bond donors (Lipinski definition) is 2. The predicted octanol–water partition coefficient (Wildman–Crippen LogP) is 9.46. The first kappa shape index (κ1) is 44.3. The van der Waals surface area contributed by atoms with Gasteiger partial charge >= 0.3 is 11.9 Å². The molecule has 4 saturated carbocycles. The highest BCUT2D eigenvalue weighted by molar-refractivity contribution is 6.30. The third-order valence-electron chi connectivity index (χ3n) is 17.1. The fraction of sp³-hybridized carbons (Fsp3) is 0.771. The zero-order chi connectivity index (χ0) is 42.1. The number of carbonyl (C=O) groups excluding carboxylic acids is 2. The van der Waals surface area contributed by atoms with Crippen molar-refractivity contribution in [3.63, 3.8) is 0 Å². The van der Waals surface area contributed by atoms with E-state index in [9.17, 15) is 24.6 Å². The van der Waals surface area contributed by atoms with Crippen LogP contribution in [0.15, 0.2) is 35.4 Å². The number of carboxylic acid groups (broad SMARTS) is 1. The number of allylic oxidation sites excluding steroid dienone is 1. The van der Waals surface area contributed by atoms with Gasteiger partial charge in [0.15, 0.2) is 5.78 Å². The predicted molar refractivity (Wildman–Crippen MR) is 227 cm³/mol. The first-order valence-electron chi connectivity index (χ1n) is 21.9. The summed E-state index contributed by atoms with van der Waals surface area (Å²) in [5.41, 5.74) is 1.54. The highest BCUT2D eigenvalue weighted by Gasteiger charge is 2.71. The second-order valence-electron chi connectivity index (χ2n) is 21.7. The molecule has 0 bridgehead atoms. The summed E-state index contributed by atoms with van der Waals surface area (Å²) in [6.45, 7) is 22.6. The third-order valence-corrected chi connectivity index (χ3v) is 17.4. The van der Waals surface area contributed by atoms with Crippen LogP contribution in [0.5, 0.6) is 0 Å². The molecule has 9 atom stereocenters. The minimum atomic E-state index is -1.17. The Morgan fingerprint density at radius 3 is 2.19 bits per heavy atom. The number of aliphatic hydroxyl groups excluding tert-OH is 1. The standard InChI is InChI=1S/C48H73ClN2O6/c1-30(2)40-34(52)26-48(37(53)29-51(25-24-50(10)11)28-31-12-14-32(49)15-13-31)23-22-46(8)33(41(40)48)16-17-36-45(7)20-19-38(57-39(54)27-43(3,4)42(55)56)44(5,6)35(45)18-21-47(36,46)9/h12-15,30,33,35-38,53H,16-29H2,1-11H3,(H,55,56)/t33-,35+,36-,37+,38+,45+,46-,47?,48+/m1/s1. The SMILES string of the molecule is CC(C)C1=C2[C@H]3CC[C@H]4C(C)(CC[C@H]5C(C)(C)[C@@H](OC(=O)CC(C)(C)C(=O)O)CC[C@@]54C)[C@]3(C)CC[C@@]2([C@@H](O)CN(CCN(C)C)Cc2ccc(Cl)cc2)CC1=O. The van der Waals surface area contributed by atoms with Crippen molar-refractivity contribution in [3.05, 3.63) is 46.0 Å². The van der Waals surface area contributed by atoms with Crippen molar-refractivity contribution in [1.82, 2.24) is 9.80 Å². The summed E-state index contributed by atoms with van der Waals surface area (Å²) in [6, 6.07) is 8.00. The number of Topliss-reactive ketones (excluding diaryl/α,β-unsaturated/α-hetero) is 1. The number of hydrogen-bond acceptors (Lipinski definition) is 7. The molecule has 0 saturated heterocycles. The van der Waals surface area contributed by atoms with Gasteiger partial charge in [-0.05, 0) is 142 Å². The minimum absolute atomic E-state index is 0.0308. The van der Waals surface area contributed by atoms with Crippen LogP contribution in [0.3, 0.4) is 0 Å². The van der Waals surface area contributed by atoms with Gasteiger partial charge in [0.25, 0.3) is 0 Å². The van der Waals surface area contributed by atoms with Crippen LogP contribution in [-0.2, 0) is 25.7 Å². The molecule has 4 fully saturated rings. The second kappa shape index (κ2) is 15.6. The summed E-state index contributed by atoms with van der Waals surface area (Å²) in [5, 5.41) is 23.0. The van der Waals surface area contributed by atoms with Crippen LogP contribution in [0.1, 0.15) is 132 Å². The molecule has 1 aromatic rings. The van der Waals surface area contributed by atoms with Gasteiger partial charge in [0.05, 0.1) is 17.9 Å². The van der Waals surface area contributed by atoms with E-state index in [2.05, 4.69) is 84.5 Å². The summed E-state index contributed by atoms with van der Waals surface area (Å²) in [6.07, 6.45) is 7.13. The molecule has 0 radical (unpaired) electrons. The van der Waals surface area contributed by atoms with Crippen molar-refractivity contribution >= 4 is 29.3 Å². The summed E-state index contributed by atoms with van der Waals surface area (Å²) in [5.74, 6) is 0.00261. The lowest BCUT2D eigenvalue weighted by Gasteiger charge is -2.72. The highest BCUT2D eigenvalue weighted by Crippen LogP contribution is 2.77. The number of benzene rings is 1. The number of fused-ring (bicyclic) bond motifs is 7. The molecular weight excluding hydrogens is 736 g/mol.